The van der Waals surface area contributed by atoms with Crippen LogP contribution in [0.4, 0.5) is 8.78 Å². The molecule has 2 aliphatic rings. The monoisotopic (exact) mass is 410 g/mol. The number of aliphatic carboxylic acids is 1. The Hall–Kier alpha value is -0.270. The molecule has 1 saturated carbocycles. The van der Waals surface area contributed by atoms with Crippen LogP contribution in [0.25, 0.3) is 0 Å². The van der Waals surface area contributed by atoms with Gasteiger partial charge in [-0.3, -0.25) is 4.79 Å². The summed E-state index contributed by atoms with van der Waals surface area (Å²) in [5.74, 6) is -1.27. The molecular formula is C21H33F2NaO4. The minimum absolute atomic E-state index is 0. The molecule has 1 saturated heterocycles. The summed E-state index contributed by atoms with van der Waals surface area (Å²) in [6, 6.07) is 0. The van der Waals surface area contributed by atoms with Crippen LogP contribution in [0.1, 0.15) is 58.8 Å². The number of fused-ring (bicyclic) bond motifs is 1. The predicted octanol–water partition coefficient (Wildman–Crippen LogP) is 3.73. The molecule has 1 aliphatic carbocycles. The van der Waals surface area contributed by atoms with Crippen LogP contribution in [-0.2, 0) is 9.53 Å². The number of ether oxygens (including phenoxy) is 1. The maximum absolute atomic E-state index is 14.8. The van der Waals surface area contributed by atoms with Crippen molar-refractivity contribution < 1.29 is 28.5 Å². The molecule has 4 nitrogen and oxygen atoms in total. The SMILES string of the molecule is CCCCC(C)(F)[C@H](O)/C=C/[C@H]1CC[C@@H]2OC(/C=C/CCC(=O)O)C(F)[C@@H]21.[NaH]. The Balaban J connectivity index is 0.00000392. The topological polar surface area (TPSA) is 66.8 Å². The molecule has 1 aliphatic heterocycles. The summed E-state index contributed by atoms with van der Waals surface area (Å²) in [6.45, 7) is 3.38. The molecule has 2 fully saturated rings. The molecule has 0 bridgehead atoms. The molecular weight excluding hydrogens is 377 g/mol. The summed E-state index contributed by atoms with van der Waals surface area (Å²) in [4.78, 5) is 10.5. The third-order valence-electron chi connectivity index (χ3n) is 5.75. The van der Waals surface area contributed by atoms with Gasteiger partial charge in [0.25, 0.3) is 0 Å². The van der Waals surface area contributed by atoms with E-state index in [1.165, 1.54) is 13.0 Å². The molecule has 7 atom stereocenters. The number of alkyl halides is 2. The average molecular weight is 410 g/mol. The maximum atomic E-state index is 14.8. The van der Waals surface area contributed by atoms with Crippen molar-refractivity contribution in [1.29, 1.82) is 0 Å². The number of rotatable bonds is 10. The molecule has 28 heavy (non-hydrogen) atoms. The summed E-state index contributed by atoms with van der Waals surface area (Å²) in [5.41, 5.74) is -1.68. The van der Waals surface area contributed by atoms with E-state index in [9.17, 15) is 18.7 Å². The fourth-order valence-corrected chi connectivity index (χ4v) is 4.05. The number of carboxylic acids is 1. The Labute approximate surface area is 188 Å². The Morgan fingerprint density at radius 1 is 1.36 bits per heavy atom. The standard InChI is InChI=1S/C21H32F2O4.Na.H/c1-3-4-13-21(2,23)17(24)12-10-14-9-11-15-19(14)20(22)16(27-15)7-5-6-8-18(25)26;;/h5,7,10,12,14-17,19-20,24H,3-4,6,8-9,11,13H2,1-2H3,(H,25,26);;/b7-5+,12-10+;;/t14-,15+,16?,17-,19-,20?,21?;;/m1../s1. The van der Waals surface area contributed by atoms with Gasteiger partial charge in [0, 0.05) is 12.3 Å². The molecule has 0 aromatic heterocycles. The number of hydrogen-bond donors (Lipinski definition) is 2. The van der Waals surface area contributed by atoms with Gasteiger partial charge in [0.2, 0.25) is 0 Å². The predicted molar refractivity (Wildman–Crippen MR) is 107 cm³/mol. The van der Waals surface area contributed by atoms with Gasteiger partial charge in [-0.05, 0) is 38.5 Å². The van der Waals surface area contributed by atoms with E-state index in [2.05, 4.69) is 0 Å². The fraction of sp³-hybridized carbons (Fsp3) is 0.762. The molecule has 0 spiro atoms. The zero-order chi connectivity index (χ0) is 20.0. The van der Waals surface area contributed by atoms with Crippen molar-refractivity contribution >= 4 is 35.5 Å². The first-order valence-electron chi connectivity index (χ1n) is 9.99. The number of allylic oxidation sites excluding steroid dienone is 2. The van der Waals surface area contributed by atoms with Crippen molar-refractivity contribution in [2.45, 2.75) is 88.9 Å². The van der Waals surface area contributed by atoms with E-state index < -0.39 is 30.0 Å². The zero-order valence-electron chi connectivity index (χ0n) is 16.2. The van der Waals surface area contributed by atoms with Gasteiger partial charge >= 0.3 is 35.5 Å². The quantitative estimate of drug-likeness (QED) is 0.426. The summed E-state index contributed by atoms with van der Waals surface area (Å²) < 4.78 is 35.2. The molecule has 156 valence electrons. The Kier molecular flexibility index (Phi) is 10.9. The number of aliphatic hydroxyl groups is 1. The first-order chi connectivity index (χ1) is 12.8. The van der Waals surface area contributed by atoms with Crippen LogP contribution in [-0.4, -0.2) is 75.9 Å². The molecule has 2 N–H and O–H groups in total. The van der Waals surface area contributed by atoms with Gasteiger partial charge in [-0.1, -0.05) is 44.1 Å². The summed E-state index contributed by atoms with van der Waals surface area (Å²) in [6.07, 6.45) is 7.00. The van der Waals surface area contributed by atoms with E-state index in [-0.39, 0.29) is 53.9 Å². The molecule has 7 heteroatoms. The van der Waals surface area contributed by atoms with Crippen LogP contribution in [0, 0.1) is 11.8 Å². The van der Waals surface area contributed by atoms with Crippen molar-refractivity contribution in [1.82, 2.24) is 0 Å². The molecule has 0 radical (unpaired) electrons. The molecule has 3 unspecified atom stereocenters. The molecule has 2 rings (SSSR count). The van der Waals surface area contributed by atoms with E-state index in [1.54, 1.807) is 18.2 Å². The fourth-order valence-electron chi connectivity index (χ4n) is 4.05. The zero-order valence-corrected chi connectivity index (χ0v) is 16.2. The number of carboxylic acid groups (broad SMARTS) is 1. The van der Waals surface area contributed by atoms with E-state index in [0.29, 0.717) is 19.3 Å². The van der Waals surface area contributed by atoms with Gasteiger partial charge in [-0.25, -0.2) is 8.78 Å². The van der Waals surface area contributed by atoms with E-state index in [0.717, 1.165) is 19.3 Å². The average Bonchev–Trinajstić information content (AvgIpc) is 3.15. The summed E-state index contributed by atoms with van der Waals surface area (Å²) in [7, 11) is 0. The van der Waals surface area contributed by atoms with E-state index in [4.69, 9.17) is 9.84 Å². The van der Waals surface area contributed by atoms with Crippen molar-refractivity contribution in [2.24, 2.45) is 11.8 Å². The second kappa shape index (κ2) is 11.8. The number of unbranched alkanes of at least 4 members (excludes halogenated alkanes) is 1. The normalized spacial score (nSPS) is 33.0. The second-order valence-electron chi connectivity index (χ2n) is 7.97. The Morgan fingerprint density at radius 3 is 2.71 bits per heavy atom. The van der Waals surface area contributed by atoms with Crippen LogP contribution in [0.5, 0.6) is 0 Å². The molecule has 0 aromatic rings. The van der Waals surface area contributed by atoms with Crippen molar-refractivity contribution in [3.05, 3.63) is 24.3 Å². The van der Waals surface area contributed by atoms with Gasteiger partial charge in [-0.2, -0.15) is 0 Å². The summed E-state index contributed by atoms with van der Waals surface area (Å²) >= 11 is 0. The first kappa shape index (κ1) is 25.8. The van der Waals surface area contributed by atoms with Crippen molar-refractivity contribution in [3.8, 4) is 0 Å². The first-order valence-corrected chi connectivity index (χ1v) is 9.99. The molecule has 0 amide bonds. The van der Waals surface area contributed by atoms with Gasteiger partial charge < -0.3 is 14.9 Å². The van der Waals surface area contributed by atoms with Crippen LogP contribution in [0.3, 0.4) is 0 Å². The Bertz CT molecular complexity index is 553. The summed E-state index contributed by atoms with van der Waals surface area (Å²) in [5, 5.41) is 18.8. The molecule has 1 heterocycles. The number of halogens is 2. The van der Waals surface area contributed by atoms with Crippen LogP contribution in [0.15, 0.2) is 24.3 Å². The van der Waals surface area contributed by atoms with Crippen molar-refractivity contribution in [3.63, 3.8) is 0 Å². The van der Waals surface area contributed by atoms with Crippen molar-refractivity contribution in [2.75, 3.05) is 0 Å². The minimum atomic E-state index is -1.68. The van der Waals surface area contributed by atoms with E-state index >= 15 is 0 Å². The van der Waals surface area contributed by atoms with Gasteiger partial charge in [0.05, 0.1) is 6.10 Å². The van der Waals surface area contributed by atoms with E-state index in [1.807, 2.05) is 6.92 Å². The Morgan fingerprint density at radius 2 is 2.07 bits per heavy atom. The van der Waals surface area contributed by atoms with Gasteiger partial charge in [0.15, 0.2) is 0 Å². The molecule has 0 aromatic carbocycles. The number of hydrogen-bond acceptors (Lipinski definition) is 3. The van der Waals surface area contributed by atoms with Gasteiger partial charge in [0.1, 0.15) is 24.0 Å². The van der Waals surface area contributed by atoms with Crippen LogP contribution in [0.2, 0.25) is 0 Å². The second-order valence-corrected chi connectivity index (χ2v) is 7.97. The van der Waals surface area contributed by atoms with Crippen LogP contribution < -0.4 is 0 Å². The third-order valence-corrected chi connectivity index (χ3v) is 5.75. The number of aliphatic hydroxyl groups excluding tert-OH is 1. The number of carbonyl (C=O) groups is 1. The third kappa shape index (κ3) is 6.91. The van der Waals surface area contributed by atoms with Crippen LogP contribution >= 0.6 is 0 Å². The van der Waals surface area contributed by atoms with Gasteiger partial charge in [-0.15, -0.1) is 0 Å².